The maximum Gasteiger partial charge on any atom is 0.234 e. The minimum Gasteiger partial charge on any atom is -0.322 e. The second-order valence-electron chi connectivity index (χ2n) is 5.72. The number of hydrogen-bond acceptors (Lipinski definition) is 5. The van der Waals surface area contributed by atoms with Crippen LogP contribution < -0.4 is 5.32 Å². The summed E-state index contributed by atoms with van der Waals surface area (Å²) in [5.41, 5.74) is 3.40. The largest absolute Gasteiger partial charge is 0.322 e. The molecule has 0 saturated heterocycles. The number of nitrogens with zero attached hydrogens (tertiary/aromatic N) is 5. The molecule has 3 aromatic rings. The number of para-hydroxylation sites is 1. The van der Waals surface area contributed by atoms with Gasteiger partial charge in [-0.2, -0.15) is 5.10 Å². The molecule has 1 aromatic carbocycles. The fourth-order valence-electron chi connectivity index (χ4n) is 2.46. The molecule has 2 heterocycles. The van der Waals surface area contributed by atoms with Crippen molar-refractivity contribution in [2.24, 2.45) is 7.05 Å². The summed E-state index contributed by atoms with van der Waals surface area (Å²) >= 11 is 1.36. The first kappa shape index (κ1) is 17.2. The van der Waals surface area contributed by atoms with Crippen molar-refractivity contribution >= 4 is 23.4 Å². The lowest BCUT2D eigenvalue weighted by Crippen LogP contribution is -2.15. The third-order valence-electron chi connectivity index (χ3n) is 3.94. The van der Waals surface area contributed by atoms with E-state index in [0.717, 1.165) is 33.7 Å². The van der Waals surface area contributed by atoms with E-state index in [9.17, 15) is 4.79 Å². The fourth-order valence-corrected chi connectivity index (χ4v) is 3.22. The Labute approximate surface area is 150 Å². The van der Waals surface area contributed by atoms with Crippen molar-refractivity contribution in [2.45, 2.75) is 25.9 Å². The molecular formula is C17H20N6OS. The molecule has 1 N–H and O–H groups in total. The first-order chi connectivity index (χ1) is 12.0. The van der Waals surface area contributed by atoms with E-state index in [1.807, 2.05) is 67.4 Å². The van der Waals surface area contributed by atoms with Gasteiger partial charge in [0.2, 0.25) is 5.91 Å². The Hall–Kier alpha value is -2.61. The zero-order valence-corrected chi connectivity index (χ0v) is 15.5. The van der Waals surface area contributed by atoms with Gasteiger partial charge in [0.25, 0.3) is 0 Å². The van der Waals surface area contributed by atoms with Crippen LogP contribution in [0, 0.1) is 20.8 Å². The lowest BCUT2D eigenvalue weighted by Gasteiger charge is -2.07. The predicted molar refractivity (Wildman–Crippen MR) is 98.1 cm³/mol. The van der Waals surface area contributed by atoms with Crippen molar-refractivity contribution in [3.8, 4) is 5.69 Å². The van der Waals surface area contributed by atoms with Gasteiger partial charge in [0.1, 0.15) is 5.82 Å². The Balaban J connectivity index is 1.71. The van der Waals surface area contributed by atoms with Gasteiger partial charge in [-0.1, -0.05) is 30.0 Å². The molecule has 0 spiro atoms. The standard InChI is InChI=1S/C17H20N6OS/c1-11-16(12(2)23(21-11)14-8-6-5-7-9-14)18-15(24)10-25-17-20-19-13(3)22(17)4/h5-9H,10H2,1-4H3,(H,18,24). The third-order valence-corrected chi connectivity index (χ3v) is 4.96. The molecule has 0 bridgehead atoms. The van der Waals surface area contributed by atoms with Gasteiger partial charge in [-0.25, -0.2) is 4.68 Å². The molecule has 8 heteroatoms. The van der Waals surface area contributed by atoms with Crippen LogP contribution >= 0.6 is 11.8 Å². The van der Waals surface area contributed by atoms with Crippen LogP contribution in [0.1, 0.15) is 17.2 Å². The minimum atomic E-state index is -0.0931. The molecule has 0 aliphatic heterocycles. The molecule has 7 nitrogen and oxygen atoms in total. The van der Waals surface area contributed by atoms with Crippen LogP contribution in [0.3, 0.4) is 0 Å². The molecule has 0 radical (unpaired) electrons. The van der Waals surface area contributed by atoms with E-state index >= 15 is 0 Å². The van der Waals surface area contributed by atoms with E-state index in [4.69, 9.17) is 0 Å². The number of carbonyl (C=O) groups is 1. The monoisotopic (exact) mass is 356 g/mol. The summed E-state index contributed by atoms with van der Waals surface area (Å²) in [4.78, 5) is 12.3. The zero-order chi connectivity index (χ0) is 18.0. The van der Waals surface area contributed by atoms with Crippen LogP contribution in [0.5, 0.6) is 0 Å². The van der Waals surface area contributed by atoms with Crippen LogP contribution in [0.4, 0.5) is 5.69 Å². The molecule has 0 aliphatic carbocycles. The van der Waals surface area contributed by atoms with Gasteiger partial charge in [-0.3, -0.25) is 4.79 Å². The number of carbonyl (C=O) groups excluding carboxylic acids is 1. The number of amides is 1. The van der Waals surface area contributed by atoms with Crippen molar-refractivity contribution in [1.29, 1.82) is 0 Å². The maximum atomic E-state index is 12.3. The van der Waals surface area contributed by atoms with E-state index < -0.39 is 0 Å². The summed E-state index contributed by atoms with van der Waals surface area (Å²) in [6.45, 7) is 5.71. The smallest absolute Gasteiger partial charge is 0.234 e. The molecule has 0 unspecified atom stereocenters. The molecule has 0 saturated carbocycles. The van der Waals surface area contributed by atoms with Gasteiger partial charge in [0.15, 0.2) is 5.16 Å². The Morgan fingerprint density at radius 1 is 1.16 bits per heavy atom. The van der Waals surface area contributed by atoms with Crippen molar-refractivity contribution in [3.05, 3.63) is 47.5 Å². The molecule has 2 aromatic heterocycles. The number of rotatable bonds is 5. The first-order valence-electron chi connectivity index (χ1n) is 7.87. The highest BCUT2D eigenvalue weighted by Gasteiger charge is 2.16. The van der Waals surface area contributed by atoms with Gasteiger partial charge >= 0.3 is 0 Å². The van der Waals surface area contributed by atoms with Crippen LogP contribution in [0.2, 0.25) is 0 Å². The highest BCUT2D eigenvalue weighted by atomic mass is 32.2. The lowest BCUT2D eigenvalue weighted by atomic mass is 10.3. The highest BCUT2D eigenvalue weighted by Crippen LogP contribution is 2.23. The summed E-state index contributed by atoms with van der Waals surface area (Å²) < 4.78 is 3.70. The Bertz CT molecular complexity index is 900. The average Bonchev–Trinajstić information content (AvgIpc) is 3.08. The molecule has 0 aliphatic rings. The summed E-state index contributed by atoms with van der Waals surface area (Å²) in [6.07, 6.45) is 0. The molecule has 25 heavy (non-hydrogen) atoms. The zero-order valence-electron chi connectivity index (χ0n) is 14.6. The maximum absolute atomic E-state index is 12.3. The second-order valence-corrected chi connectivity index (χ2v) is 6.66. The van der Waals surface area contributed by atoms with Gasteiger partial charge in [-0.05, 0) is 32.9 Å². The predicted octanol–water partition coefficient (Wildman–Crippen LogP) is 2.66. The average molecular weight is 356 g/mol. The number of hydrogen-bond donors (Lipinski definition) is 1. The highest BCUT2D eigenvalue weighted by molar-refractivity contribution is 7.99. The van der Waals surface area contributed by atoms with Crippen molar-refractivity contribution in [3.63, 3.8) is 0 Å². The normalized spacial score (nSPS) is 10.9. The molecule has 3 rings (SSSR count). The molecule has 130 valence electrons. The fraction of sp³-hybridized carbons (Fsp3) is 0.294. The summed E-state index contributed by atoms with van der Waals surface area (Å²) in [5, 5.41) is 16.3. The van der Waals surface area contributed by atoms with Crippen LogP contribution in [0.25, 0.3) is 5.69 Å². The van der Waals surface area contributed by atoms with E-state index in [0.29, 0.717) is 0 Å². The number of benzene rings is 1. The quantitative estimate of drug-likeness (QED) is 0.711. The van der Waals surface area contributed by atoms with Gasteiger partial charge in [0.05, 0.1) is 28.5 Å². The number of thioether (sulfide) groups is 1. The number of anilines is 1. The van der Waals surface area contributed by atoms with Gasteiger partial charge in [0, 0.05) is 7.05 Å². The Morgan fingerprint density at radius 2 is 1.88 bits per heavy atom. The topological polar surface area (TPSA) is 77.6 Å². The summed E-state index contributed by atoms with van der Waals surface area (Å²) in [7, 11) is 1.88. The second kappa shape index (κ2) is 7.10. The van der Waals surface area contributed by atoms with Crippen LogP contribution in [0.15, 0.2) is 35.5 Å². The molecular weight excluding hydrogens is 336 g/mol. The van der Waals surface area contributed by atoms with Gasteiger partial charge in [-0.15, -0.1) is 10.2 Å². The van der Waals surface area contributed by atoms with Crippen molar-refractivity contribution in [1.82, 2.24) is 24.5 Å². The van der Waals surface area contributed by atoms with E-state index in [2.05, 4.69) is 20.6 Å². The molecule has 0 atom stereocenters. The summed E-state index contributed by atoms with van der Waals surface area (Å²) in [6, 6.07) is 9.85. The minimum absolute atomic E-state index is 0.0931. The third kappa shape index (κ3) is 3.58. The number of aryl methyl sites for hydroxylation is 2. The summed E-state index contributed by atoms with van der Waals surface area (Å²) in [5.74, 6) is 0.990. The Kier molecular flexibility index (Phi) is 4.89. The van der Waals surface area contributed by atoms with Crippen LogP contribution in [-0.4, -0.2) is 36.2 Å². The van der Waals surface area contributed by atoms with E-state index in [1.54, 1.807) is 0 Å². The Morgan fingerprint density at radius 3 is 2.52 bits per heavy atom. The van der Waals surface area contributed by atoms with E-state index in [-0.39, 0.29) is 11.7 Å². The van der Waals surface area contributed by atoms with Crippen LogP contribution in [-0.2, 0) is 11.8 Å². The number of nitrogens with one attached hydrogen (secondary N) is 1. The lowest BCUT2D eigenvalue weighted by molar-refractivity contribution is -0.113. The first-order valence-corrected chi connectivity index (χ1v) is 8.86. The van der Waals surface area contributed by atoms with Gasteiger partial charge < -0.3 is 9.88 Å². The SMILES string of the molecule is Cc1nn(-c2ccccc2)c(C)c1NC(=O)CSc1nnc(C)n1C. The van der Waals surface area contributed by atoms with Crippen molar-refractivity contribution in [2.75, 3.05) is 11.1 Å². The molecule has 1 amide bonds. The molecule has 0 fully saturated rings. The van der Waals surface area contributed by atoms with E-state index in [1.165, 1.54) is 11.8 Å². The number of aromatic nitrogens is 5. The van der Waals surface area contributed by atoms with Crippen molar-refractivity contribution < 1.29 is 4.79 Å².